The summed E-state index contributed by atoms with van der Waals surface area (Å²) in [5.41, 5.74) is 0.312. The van der Waals surface area contributed by atoms with Gasteiger partial charge in [-0.15, -0.1) is 6.58 Å². The Morgan fingerprint density at radius 3 is 2.63 bits per heavy atom. The van der Waals surface area contributed by atoms with Crippen LogP contribution in [0.15, 0.2) is 30.9 Å². The number of aliphatic hydroxyl groups is 1. The van der Waals surface area contributed by atoms with Crippen molar-refractivity contribution in [1.29, 1.82) is 0 Å². The normalized spacial score (nSPS) is 22.1. The summed E-state index contributed by atoms with van der Waals surface area (Å²) in [5.74, 6) is -1.90. The van der Waals surface area contributed by atoms with Crippen molar-refractivity contribution in [1.82, 2.24) is 9.74 Å². The zero-order valence-electron chi connectivity index (χ0n) is 15.2. The van der Waals surface area contributed by atoms with Crippen LogP contribution in [0.3, 0.4) is 0 Å². The molecule has 1 amide bonds. The van der Waals surface area contributed by atoms with Gasteiger partial charge in [0.15, 0.2) is 0 Å². The molecule has 2 rings (SSSR count). The zero-order chi connectivity index (χ0) is 20.0. The SMILES string of the molecule is C=CCO[C@@H]1CC[C@H]([C@@H](O)[C@H](Cc2cc(F)cc(F)c2)N(Cl)C(C)=O)NC1. The molecule has 150 valence electrons. The van der Waals surface area contributed by atoms with Gasteiger partial charge in [0.05, 0.1) is 24.9 Å². The summed E-state index contributed by atoms with van der Waals surface area (Å²) in [6, 6.07) is 1.94. The Morgan fingerprint density at radius 1 is 1.44 bits per heavy atom. The van der Waals surface area contributed by atoms with Gasteiger partial charge in [-0.3, -0.25) is 4.79 Å². The van der Waals surface area contributed by atoms with Crippen LogP contribution >= 0.6 is 11.8 Å². The van der Waals surface area contributed by atoms with Gasteiger partial charge in [-0.1, -0.05) is 6.08 Å². The first-order valence-corrected chi connectivity index (χ1v) is 9.20. The summed E-state index contributed by atoms with van der Waals surface area (Å²) < 4.78 is 33.5. The summed E-state index contributed by atoms with van der Waals surface area (Å²) in [4.78, 5) is 11.8. The van der Waals surface area contributed by atoms with E-state index in [0.29, 0.717) is 25.1 Å². The highest BCUT2D eigenvalue weighted by molar-refractivity contribution is 6.21. The van der Waals surface area contributed by atoms with Crippen LogP contribution in [-0.4, -0.2) is 52.9 Å². The summed E-state index contributed by atoms with van der Waals surface area (Å²) in [5, 5.41) is 14.0. The molecule has 0 bridgehead atoms. The zero-order valence-corrected chi connectivity index (χ0v) is 16.0. The third-order valence-corrected chi connectivity index (χ3v) is 5.11. The van der Waals surface area contributed by atoms with Crippen LogP contribution in [0.4, 0.5) is 8.78 Å². The van der Waals surface area contributed by atoms with Crippen molar-refractivity contribution in [2.75, 3.05) is 13.2 Å². The molecule has 1 aromatic rings. The van der Waals surface area contributed by atoms with Gasteiger partial charge in [-0.25, -0.2) is 13.2 Å². The molecule has 1 aliphatic heterocycles. The number of aliphatic hydroxyl groups excluding tert-OH is 1. The number of amides is 1. The lowest BCUT2D eigenvalue weighted by Crippen LogP contribution is -2.56. The second-order valence-electron chi connectivity index (χ2n) is 6.71. The van der Waals surface area contributed by atoms with Crippen LogP contribution < -0.4 is 5.32 Å². The second-order valence-corrected chi connectivity index (χ2v) is 7.07. The highest BCUT2D eigenvalue weighted by atomic mass is 35.5. The second kappa shape index (κ2) is 10.1. The molecular formula is C19H25ClF2N2O3. The van der Waals surface area contributed by atoms with Crippen molar-refractivity contribution < 1.29 is 23.4 Å². The molecule has 1 fully saturated rings. The molecule has 1 heterocycles. The van der Waals surface area contributed by atoms with E-state index in [1.54, 1.807) is 6.08 Å². The number of carbonyl (C=O) groups excluding carboxylic acids is 1. The maximum Gasteiger partial charge on any atom is 0.234 e. The molecule has 4 atom stereocenters. The van der Waals surface area contributed by atoms with Gasteiger partial charge in [-0.2, -0.15) is 0 Å². The number of piperidine rings is 1. The number of halogens is 3. The summed E-state index contributed by atoms with van der Waals surface area (Å²) in [6.45, 7) is 5.87. The minimum Gasteiger partial charge on any atom is -0.389 e. The van der Waals surface area contributed by atoms with E-state index in [9.17, 15) is 18.7 Å². The standard InChI is InChI=1S/C19H25ClF2N2O3/c1-3-6-27-16-4-5-17(23-11-16)19(26)18(24(20)12(2)25)9-13-7-14(21)10-15(22)8-13/h3,7-8,10,16-19,23,26H,1,4-6,9,11H2,2H3/t16-,17-,18+,19-/m1/s1. The number of nitrogens with one attached hydrogen (secondary N) is 1. The first kappa shape index (κ1) is 21.8. The van der Waals surface area contributed by atoms with E-state index in [4.69, 9.17) is 16.5 Å². The van der Waals surface area contributed by atoms with E-state index in [-0.39, 0.29) is 18.6 Å². The minimum absolute atomic E-state index is 0.0159. The van der Waals surface area contributed by atoms with Crippen molar-refractivity contribution >= 4 is 17.7 Å². The molecule has 1 aliphatic rings. The van der Waals surface area contributed by atoms with Gasteiger partial charge < -0.3 is 15.2 Å². The van der Waals surface area contributed by atoms with E-state index in [1.807, 2.05) is 0 Å². The van der Waals surface area contributed by atoms with Crippen LogP contribution in [0.5, 0.6) is 0 Å². The molecule has 27 heavy (non-hydrogen) atoms. The molecular weight excluding hydrogens is 378 g/mol. The number of nitrogens with zero attached hydrogens (tertiary/aromatic N) is 1. The third-order valence-electron chi connectivity index (χ3n) is 4.62. The van der Waals surface area contributed by atoms with Gasteiger partial charge in [0, 0.05) is 37.4 Å². The first-order chi connectivity index (χ1) is 12.8. The monoisotopic (exact) mass is 402 g/mol. The largest absolute Gasteiger partial charge is 0.389 e. The van der Waals surface area contributed by atoms with Crippen LogP contribution in [0.1, 0.15) is 25.3 Å². The predicted octanol–water partition coefficient (Wildman–Crippen LogP) is 2.56. The number of rotatable bonds is 8. The molecule has 0 aliphatic carbocycles. The summed E-state index contributed by atoms with van der Waals surface area (Å²) >= 11 is 6.10. The fraction of sp³-hybridized carbons (Fsp3) is 0.526. The Bertz CT molecular complexity index is 634. The number of carbonyl (C=O) groups is 1. The van der Waals surface area contributed by atoms with Crippen molar-refractivity contribution in [2.45, 2.75) is 50.5 Å². The van der Waals surface area contributed by atoms with Crippen LogP contribution in [0.25, 0.3) is 0 Å². The van der Waals surface area contributed by atoms with E-state index >= 15 is 0 Å². The molecule has 8 heteroatoms. The minimum atomic E-state index is -1.02. The van der Waals surface area contributed by atoms with E-state index < -0.39 is 29.7 Å². The van der Waals surface area contributed by atoms with Crippen molar-refractivity contribution in [2.24, 2.45) is 0 Å². The maximum atomic E-state index is 13.5. The number of benzene rings is 1. The van der Waals surface area contributed by atoms with Crippen molar-refractivity contribution in [3.8, 4) is 0 Å². The maximum absolute atomic E-state index is 13.5. The smallest absolute Gasteiger partial charge is 0.234 e. The van der Waals surface area contributed by atoms with Gasteiger partial charge in [0.2, 0.25) is 5.91 Å². The van der Waals surface area contributed by atoms with Gasteiger partial charge in [0.25, 0.3) is 0 Å². The van der Waals surface area contributed by atoms with E-state index in [2.05, 4.69) is 11.9 Å². The molecule has 0 radical (unpaired) electrons. The molecule has 2 N–H and O–H groups in total. The van der Waals surface area contributed by atoms with Crippen molar-refractivity contribution in [3.05, 3.63) is 48.1 Å². The van der Waals surface area contributed by atoms with Gasteiger partial charge in [-0.05, 0) is 37.0 Å². The Kier molecular flexibility index (Phi) is 8.16. The summed E-state index contributed by atoms with van der Waals surface area (Å²) in [7, 11) is 0. The molecule has 5 nitrogen and oxygen atoms in total. The van der Waals surface area contributed by atoms with E-state index in [0.717, 1.165) is 16.9 Å². The number of hydrogen-bond donors (Lipinski definition) is 2. The number of hydrogen-bond acceptors (Lipinski definition) is 4. The van der Waals surface area contributed by atoms with Crippen LogP contribution in [0, 0.1) is 11.6 Å². The van der Waals surface area contributed by atoms with Gasteiger partial charge in [0.1, 0.15) is 11.6 Å². The average molecular weight is 403 g/mol. The average Bonchev–Trinajstić information content (AvgIpc) is 2.63. The Hall–Kier alpha value is -1.54. The lowest BCUT2D eigenvalue weighted by atomic mass is 9.90. The predicted molar refractivity (Wildman–Crippen MR) is 99.2 cm³/mol. The molecule has 0 saturated carbocycles. The Balaban J connectivity index is 2.09. The van der Waals surface area contributed by atoms with Crippen LogP contribution in [-0.2, 0) is 16.0 Å². The molecule has 1 saturated heterocycles. The van der Waals surface area contributed by atoms with Gasteiger partial charge >= 0.3 is 0 Å². The topological polar surface area (TPSA) is 61.8 Å². The molecule has 1 aromatic carbocycles. The fourth-order valence-electron chi connectivity index (χ4n) is 3.30. The van der Waals surface area contributed by atoms with E-state index in [1.165, 1.54) is 19.1 Å². The lowest BCUT2D eigenvalue weighted by molar-refractivity contribution is -0.128. The third kappa shape index (κ3) is 6.24. The van der Waals surface area contributed by atoms with Crippen LogP contribution in [0.2, 0.25) is 0 Å². The highest BCUT2D eigenvalue weighted by Crippen LogP contribution is 2.23. The quantitative estimate of drug-likeness (QED) is 0.518. The first-order valence-electron chi connectivity index (χ1n) is 8.86. The van der Waals surface area contributed by atoms with Crippen molar-refractivity contribution in [3.63, 3.8) is 0 Å². The highest BCUT2D eigenvalue weighted by Gasteiger charge is 2.35. The Labute approximate surface area is 163 Å². The molecule has 0 aromatic heterocycles. The lowest BCUT2D eigenvalue weighted by Gasteiger charge is -2.38. The fourth-order valence-corrected chi connectivity index (χ4v) is 3.48. The Morgan fingerprint density at radius 2 is 2.11 bits per heavy atom. The molecule has 0 spiro atoms. The summed E-state index contributed by atoms with van der Waals surface area (Å²) in [6.07, 6.45) is 2.03. The molecule has 0 unspecified atom stereocenters. The number of ether oxygens (including phenoxy) is 1.